The molecule has 0 spiro atoms. The summed E-state index contributed by atoms with van der Waals surface area (Å²) in [6, 6.07) is 5.09. The first-order valence-electron chi connectivity index (χ1n) is 6.09. The quantitative estimate of drug-likeness (QED) is 0.909. The molecule has 1 aliphatic heterocycles. The summed E-state index contributed by atoms with van der Waals surface area (Å²) in [5.74, 6) is -0.372. The molecule has 2 rings (SSSR count). The molecule has 1 saturated heterocycles. The fourth-order valence-electron chi connectivity index (χ4n) is 2.11. The van der Waals surface area contributed by atoms with Crippen LogP contribution in [-0.4, -0.2) is 42.2 Å². The molecule has 1 aromatic rings. The Balaban J connectivity index is 1.77. The van der Waals surface area contributed by atoms with Gasteiger partial charge in [-0.1, -0.05) is 23.2 Å². The van der Waals surface area contributed by atoms with Crippen LogP contribution in [0.25, 0.3) is 0 Å². The van der Waals surface area contributed by atoms with E-state index in [1.807, 2.05) is 0 Å². The first kappa shape index (κ1) is 14.4. The second-order valence-electron chi connectivity index (χ2n) is 4.55. The van der Waals surface area contributed by atoms with Gasteiger partial charge in [-0.05, 0) is 31.2 Å². The average Bonchev–Trinajstić information content (AvgIpc) is 2.81. The second-order valence-corrected chi connectivity index (χ2v) is 5.39. The molecule has 1 aliphatic rings. The molecule has 0 saturated carbocycles. The van der Waals surface area contributed by atoms with Crippen LogP contribution in [0, 0.1) is 5.92 Å². The minimum atomic E-state index is -0.718. The summed E-state index contributed by atoms with van der Waals surface area (Å²) in [6.07, 6.45) is 0.705. The van der Waals surface area contributed by atoms with E-state index in [4.69, 9.17) is 33.0 Å². The predicted octanol–water partition coefficient (Wildman–Crippen LogP) is 2.78. The summed E-state index contributed by atoms with van der Waals surface area (Å²) in [4.78, 5) is 12.9. The molecule has 1 fully saturated rings. The van der Waals surface area contributed by atoms with E-state index in [9.17, 15) is 4.79 Å². The van der Waals surface area contributed by atoms with Crippen molar-refractivity contribution in [2.24, 2.45) is 5.92 Å². The molecule has 19 heavy (non-hydrogen) atoms. The SMILES string of the molecule is O=C(O)[C@H]1CCN(CCOc2ccc(Cl)cc2Cl)C1. The topological polar surface area (TPSA) is 49.8 Å². The lowest BCUT2D eigenvalue weighted by Crippen LogP contribution is -2.27. The number of ether oxygens (including phenoxy) is 1. The van der Waals surface area contributed by atoms with Crippen molar-refractivity contribution in [2.75, 3.05) is 26.2 Å². The lowest BCUT2D eigenvalue weighted by molar-refractivity contribution is -0.141. The Morgan fingerprint density at radius 2 is 2.26 bits per heavy atom. The highest BCUT2D eigenvalue weighted by atomic mass is 35.5. The van der Waals surface area contributed by atoms with Gasteiger partial charge >= 0.3 is 5.97 Å². The van der Waals surface area contributed by atoms with E-state index in [2.05, 4.69) is 4.90 Å². The number of rotatable bonds is 5. The van der Waals surface area contributed by atoms with E-state index in [0.717, 1.165) is 6.54 Å². The summed E-state index contributed by atoms with van der Waals surface area (Å²) in [6.45, 7) is 2.57. The number of aliphatic carboxylic acids is 1. The Morgan fingerprint density at radius 1 is 1.47 bits per heavy atom. The maximum atomic E-state index is 10.8. The van der Waals surface area contributed by atoms with Gasteiger partial charge in [-0.2, -0.15) is 0 Å². The smallest absolute Gasteiger partial charge is 0.307 e. The molecule has 0 radical (unpaired) electrons. The monoisotopic (exact) mass is 303 g/mol. The Bertz CT molecular complexity index is 467. The maximum absolute atomic E-state index is 10.8. The molecular weight excluding hydrogens is 289 g/mol. The molecule has 1 N–H and O–H groups in total. The third-order valence-corrected chi connectivity index (χ3v) is 3.71. The van der Waals surface area contributed by atoms with Gasteiger partial charge < -0.3 is 9.84 Å². The lowest BCUT2D eigenvalue weighted by atomic mass is 10.1. The fourth-order valence-corrected chi connectivity index (χ4v) is 2.58. The van der Waals surface area contributed by atoms with Crippen LogP contribution in [0.15, 0.2) is 18.2 Å². The fraction of sp³-hybridized carbons (Fsp3) is 0.462. The zero-order chi connectivity index (χ0) is 13.8. The zero-order valence-electron chi connectivity index (χ0n) is 10.3. The number of carboxylic acid groups (broad SMARTS) is 1. The second kappa shape index (κ2) is 6.46. The molecule has 104 valence electrons. The minimum Gasteiger partial charge on any atom is -0.491 e. The van der Waals surface area contributed by atoms with Crippen molar-refractivity contribution in [1.82, 2.24) is 4.90 Å². The van der Waals surface area contributed by atoms with Gasteiger partial charge in [0, 0.05) is 18.1 Å². The number of benzene rings is 1. The molecule has 1 aromatic carbocycles. The van der Waals surface area contributed by atoms with Gasteiger partial charge in [-0.25, -0.2) is 0 Å². The Kier molecular flexibility index (Phi) is 4.91. The largest absolute Gasteiger partial charge is 0.491 e. The summed E-state index contributed by atoms with van der Waals surface area (Å²) in [5, 5.41) is 9.96. The molecule has 6 heteroatoms. The molecule has 1 atom stereocenters. The van der Waals surface area contributed by atoms with Gasteiger partial charge in [-0.3, -0.25) is 9.69 Å². The Labute approximate surface area is 121 Å². The molecule has 0 unspecified atom stereocenters. The summed E-state index contributed by atoms with van der Waals surface area (Å²) >= 11 is 11.8. The predicted molar refractivity (Wildman–Crippen MR) is 74.1 cm³/mol. The number of carboxylic acids is 1. The highest BCUT2D eigenvalue weighted by Crippen LogP contribution is 2.27. The van der Waals surface area contributed by atoms with Crippen molar-refractivity contribution in [3.63, 3.8) is 0 Å². The van der Waals surface area contributed by atoms with Crippen molar-refractivity contribution in [3.8, 4) is 5.75 Å². The number of likely N-dealkylation sites (tertiary alicyclic amines) is 1. The van der Waals surface area contributed by atoms with E-state index in [-0.39, 0.29) is 5.92 Å². The number of hydrogen-bond donors (Lipinski definition) is 1. The van der Waals surface area contributed by atoms with Crippen LogP contribution in [0.3, 0.4) is 0 Å². The maximum Gasteiger partial charge on any atom is 0.307 e. The van der Waals surface area contributed by atoms with E-state index >= 15 is 0 Å². The summed E-state index contributed by atoms with van der Waals surface area (Å²) in [5.41, 5.74) is 0. The molecular formula is C13H15Cl2NO3. The van der Waals surface area contributed by atoms with E-state index < -0.39 is 5.97 Å². The van der Waals surface area contributed by atoms with Crippen molar-refractivity contribution >= 4 is 29.2 Å². The summed E-state index contributed by atoms with van der Waals surface area (Å²) in [7, 11) is 0. The van der Waals surface area contributed by atoms with Crippen LogP contribution < -0.4 is 4.74 Å². The van der Waals surface area contributed by atoms with Crippen LogP contribution >= 0.6 is 23.2 Å². The van der Waals surface area contributed by atoms with Gasteiger partial charge in [-0.15, -0.1) is 0 Å². The first-order valence-corrected chi connectivity index (χ1v) is 6.85. The van der Waals surface area contributed by atoms with Crippen molar-refractivity contribution in [1.29, 1.82) is 0 Å². The number of carbonyl (C=O) groups is 1. The standard InChI is InChI=1S/C13H15Cl2NO3/c14-10-1-2-12(11(15)7-10)19-6-5-16-4-3-9(8-16)13(17)18/h1-2,7,9H,3-6,8H2,(H,17,18)/t9-/m0/s1. The molecule has 4 nitrogen and oxygen atoms in total. The van der Waals surface area contributed by atoms with Gasteiger partial charge in [0.25, 0.3) is 0 Å². The molecule has 0 amide bonds. The number of hydrogen-bond acceptors (Lipinski definition) is 3. The van der Waals surface area contributed by atoms with Crippen LogP contribution in [0.5, 0.6) is 5.75 Å². The van der Waals surface area contributed by atoms with Gasteiger partial charge in [0.2, 0.25) is 0 Å². The minimum absolute atomic E-state index is 0.251. The van der Waals surface area contributed by atoms with Crippen molar-refractivity contribution in [3.05, 3.63) is 28.2 Å². The molecule has 0 aliphatic carbocycles. The molecule has 0 aromatic heterocycles. The van der Waals surface area contributed by atoms with Crippen LogP contribution in [0.2, 0.25) is 10.0 Å². The van der Waals surface area contributed by atoms with Crippen molar-refractivity contribution < 1.29 is 14.6 Å². The van der Waals surface area contributed by atoms with E-state index in [0.29, 0.717) is 41.9 Å². The number of nitrogens with zero attached hydrogens (tertiary/aromatic N) is 1. The average molecular weight is 304 g/mol. The third-order valence-electron chi connectivity index (χ3n) is 3.18. The zero-order valence-corrected chi connectivity index (χ0v) is 11.8. The molecule has 0 bridgehead atoms. The van der Waals surface area contributed by atoms with Crippen LogP contribution in [-0.2, 0) is 4.79 Å². The third kappa shape index (κ3) is 4.00. The van der Waals surface area contributed by atoms with E-state index in [1.54, 1.807) is 18.2 Å². The van der Waals surface area contributed by atoms with Crippen LogP contribution in [0.1, 0.15) is 6.42 Å². The van der Waals surface area contributed by atoms with Gasteiger partial charge in [0.05, 0.1) is 10.9 Å². The Morgan fingerprint density at radius 3 is 2.89 bits per heavy atom. The first-order chi connectivity index (χ1) is 9.06. The normalized spacial score (nSPS) is 19.6. The summed E-state index contributed by atoms with van der Waals surface area (Å²) < 4.78 is 5.57. The van der Waals surface area contributed by atoms with Crippen molar-refractivity contribution in [2.45, 2.75) is 6.42 Å². The van der Waals surface area contributed by atoms with Gasteiger partial charge in [0.15, 0.2) is 0 Å². The molecule has 1 heterocycles. The van der Waals surface area contributed by atoms with E-state index in [1.165, 1.54) is 0 Å². The lowest BCUT2D eigenvalue weighted by Gasteiger charge is -2.16. The number of halogens is 2. The highest BCUT2D eigenvalue weighted by Gasteiger charge is 2.27. The van der Waals surface area contributed by atoms with Crippen LogP contribution in [0.4, 0.5) is 0 Å². The Hall–Kier alpha value is -0.970. The van der Waals surface area contributed by atoms with Gasteiger partial charge in [0.1, 0.15) is 12.4 Å². The highest BCUT2D eigenvalue weighted by molar-refractivity contribution is 6.35.